The third-order valence-electron chi connectivity index (χ3n) is 5.60. The van der Waals surface area contributed by atoms with Crippen molar-refractivity contribution < 1.29 is 19.4 Å². The van der Waals surface area contributed by atoms with Crippen molar-refractivity contribution in [2.75, 3.05) is 14.2 Å². The summed E-state index contributed by atoms with van der Waals surface area (Å²) in [4.78, 5) is 40.2. The molecule has 4 rings (SSSR count). The lowest BCUT2D eigenvalue weighted by Gasteiger charge is -2.18. The van der Waals surface area contributed by atoms with E-state index in [9.17, 15) is 19.5 Å². The van der Waals surface area contributed by atoms with E-state index in [1.807, 2.05) is 48.5 Å². The fraction of sp³-hybridized carbons (Fsp3) is 0.148. The van der Waals surface area contributed by atoms with Gasteiger partial charge in [0.25, 0.3) is 5.91 Å². The highest BCUT2D eigenvalue weighted by Crippen LogP contribution is 2.25. The molecule has 1 aromatic heterocycles. The summed E-state index contributed by atoms with van der Waals surface area (Å²) in [5.41, 5.74) is 4.90. The predicted octanol–water partition coefficient (Wildman–Crippen LogP) is 4.46. The lowest BCUT2D eigenvalue weighted by atomic mass is 10.0. The van der Waals surface area contributed by atoms with Crippen LogP contribution < -0.4 is 4.87 Å². The van der Waals surface area contributed by atoms with Crippen molar-refractivity contribution >= 4 is 23.2 Å². The number of hydrogen-bond acceptors (Lipinski definition) is 6. The molecular formula is C27H24N2O5S. The first-order valence-electron chi connectivity index (χ1n) is 10.9. The fourth-order valence-electron chi connectivity index (χ4n) is 3.75. The number of carbonyl (C=O) groups excluding carboxylic acids is 2. The highest BCUT2D eigenvalue weighted by atomic mass is 32.1. The van der Waals surface area contributed by atoms with Gasteiger partial charge < -0.3 is 14.7 Å². The Hall–Kier alpha value is -4.17. The molecule has 0 fully saturated rings. The van der Waals surface area contributed by atoms with Crippen LogP contribution in [0.5, 0.6) is 5.88 Å². The molecule has 0 unspecified atom stereocenters. The number of esters is 1. The maximum atomic E-state index is 12.8. The van der Waals surface area contributed by atoms with E-state index in [0.29, 0.717) is 29.0 Å². The lowest BCUT2D eigenvalue weighted by molar-refractivity contribution is 0.0600. The molecule has 0 atom stereocenters. The number of benzene rings is 3. The number of nitrogens with zero attached hydrogens (tertiary/aromatic N) is 1. The van der Waals surface area contributed by atoms with Crippen molar-refractivity contribution in [1.29, 1.82) is 0 Å². The third kappa shape index (κ3) is 5.67. The second-order valence-corrected chi connectivity index (χ2v) is 9.16. The van der Waals surface area contributed by atoms with Gasteiger partial charge in [0.1, 0.15) is 0 Å². The molecule has 0 saturated heterocycles. The van der Waals surface area contributed by atoms with Gasteiger partial charge in [-0.3, -0.25) is 14.6 Å². The molecule has 4 aromatic rings. The molecule has 0 saturated carbocycles. The Bertz CT molecular complexity index is 1400. The van der Waals surface area contributed by atoms with Gasteiger partial charge in [0.05, 0.1) is 17.6 Å². The van der Waals surface area contributed by atoms with Crippen LogP contribution in [0.15, 0.2) is 77.6 Å². The highest BCUT2D eigenvalue weighted by molar-refractivity contribution is 7.09. The molecule has 178 valence electrons. The van der Waals surface area contributed by atoms with E-state index in [1.54, 1.807) is 36.2 Å². The number of amides is 1. The van der Waals surface area contributed by atoms with Crippen LogP contribution >= 0.6 is 11.3 Å². The average Bonchev–Trinajstić information content (AvgIpc) is 3.19. The summed E-state index contributed by atoms with van der Waals surface area (Å²) >= 11 is 1.01. The van der Waals surface area contributed by atoms with Crippen molar-refractivity contribution in [2.24, 2.45) is 0 Å². The smallest absolute Gasteiger partial charge is 0.337 e. The normalized spacial score (nSPS) is 10.7. The Morgan fingerprint density at radius 3 is 2.26 bits per heavy atom. The van der Waals surface area contributed by atoms with Crippen molar-refractivity contribution in [2.45, 2.75) is 13.0 Å². The van der Waals surface area contributed by atoms with Gasteiger partial charge in [-0.2, -0.15) is 0 Å². The van der Waals surface area contributed by atoms with E-state index in [0.717, 1.165) is 33.6 Å². The van der Waals surface area contributed by atoms with Crippen LogP contribution in [0.2, 0.25) is 0 Å². The van der Waals surface area contributed by atoms with Gasteiger partial charge in [0, 0.05) is 25.6 Å². The van der Waals surface area contributed by atoms with E-state index in [1.165, 1.54) is 7.11 Å². The number of nitrogens with one attached hydrogen (secondary N) is 1. The molecule has 1 amide bonds. The monoisotopic (exact) mass is 488 g/mol. The Kier molecular flexibility index (Phi) is 7.12. The lowest BCUT2D eigenvalue weighted by Crippen LogP contribution is -2.26. The minimum Gasteiger partial charge on any atom is -0.494 e. The number of thiazole rings is 1. The molecule has 8 heteroatoms. The Morgan fingerprint density at radius 2 is 1.63 bits per heavy atom. The van der Waals surface area contributed by atoms with Gasteiger partial charge in [-0.15, -0.1) is 0 Å². The molecule has 35 heavy (non-hydrogen) atoms. The van der Waals surface area contributed by atoms with Gasteiger partial charge in [-0.1, -0.05) is 53.8 Å². The van der Waals surface area contributed by atoms with Crippen LogP contribution in [0, 0.1) is 0 Å². The first-order valence-corrected chi connectivity index (χ1v) is 11.7. The van der Waals surface area contributed by atoms with Crippen LogP contribution in [0.1, 0.15) is 36.7 Å². The molecule has 3 aromatic carbocycles. The zero-order valence-corrected chi connectivity index (χ0v) is 20.1. The van der Waals surface area contributed by atoms with Crippen LogP contribution in [0.3, 0.4) is 0 Å². The minimum atomic E-state index is -0.443. The molecule has 7 nitrogen and oxygen atoms in total. The summed E-state index contributed by atoms with van der Waals surface area (Å²) in [5, 5.41) is 9.79. The summed E-state index contributed by atoms with van der Waals surface area (Å²) in [7, 11) is 3.06. The summed E-state index contributed by atoms with van der Waals surface area (Å²) < 4.78 is 4.69. The quantitative estimate of drug-likeness (QED) is 0.374. The Balaban J connectivity index is 1.44. The van der Waals surface area contributed by atoms with Gasteiger partial charge in [0.2, 0.25) is 5.88 Å². The van der Waals surface area contributed by atoms with E-state index < -0.39 is 5.97 Å². The number of ether oxygens (including phenoxy) is 1. The van der Waals surface area contributed by atoms with Crippen molar-refractivity contribution in [1.82, 2.24) is 9.88 Å². The topological polar surface area (TPSA) is 99.7 Å². The minimum absolute atomic E-state index is 0.0742. The zero-order chi connectivity index (χ0) is 24.9. The largest absolute Gasteiger partial charge is 0.494 e. The number of aromatic amines is 1. The second-order valence-electron chi connectivity index (χ2n) is 8.09. The number of hydrogen-bond donors (Lipinski definition) is 2. The van der Waals surface area contributed by atoms with Crippen LogP contribution in [-0.4, -0.2) is 41.0 Å². The summed E-state index contributed by atoms with van der Waals surface area (Å²) in [5.74, 6) is -0.664. The Morgan fingerprint density at radius 1 is 0.943 bits per heavy atom. The zero-order valence-electron chi connectivity index (χ0n) is 19.3. The molecule has 1 heterocycles. The number of aromatic nitrogens is 1. The first kappa shape index (κ1) is 24.0. The van der Waals surface area contributed by atoms with Gasteiger partial charge in [-0.05, 0) is 52.6 Å². The SMILES string of the molecule is COC(=O)c1ccc(C(=O)N(C)Cc2cccc(-c3ccc(Cc4sc(=O)[nH]c4O)cc3)c2)cc1. The summed E-state index contributed by atoms with van der Waals surface area (Å²) in [6.07, 6.45) is 0.475. The maximum Gasteiger partial charge on any atom is 0.337 e. The summed E-state index contributed by atoms with van der Waals surface area (Å²) in [6, 6.07) is 22.3. The highest BCUT2D eigenvalue weighted by Gasteiger charge is 2.14. The van der Waals surface area contributed by atoms with E-state index in [2.05, 4.69) is 4.98 Å². The molecular weight excluding hydrogens is 464 g/mol. The standard InChI is InChI=1S/C27H24N2O5S/c1-29(25(31)20-10-12-21(13-11-20)26(32)34-2)16-18-4-3-5-22(14-18)19-8-6-17(7-9-19)15-23-24(30)28-27(33)35-23/h3-14,30H,15-16H2,1-2H3,(H,28,33). The molecule has 0 aliphatic carbocycles. The van der Waals surface area contributed by atoms with Gasteiger partial charge in [-0.25, -0.2) is 4.79 Å². The number of H-pyrrole nitrogens is 1. The van der Waals surface area contributed by atoms with Crippen molar-refractivity contribution in [3.05, 3.63) is 110 Å². The maximum absolute atomic E-state index is 12.8. The molecule has 0 aliphatic rings. The van der Waals surface area contributed by atoms with Crippen LogP contribution in [-0.2, 0) is 17.7 Å². The molecule has 0 aliphatic heterocycles. The van der Waals surface area contributed by atoms with E-state index in [4.69, 9.17) is 4.74 Å². The Labute approximate surface area is 206 Å². The molecule has 0 bridgehead atoms. The average molecular weight is 489 g/mol. The van der Waals surface area contributed by atoms with Gasteiger partial charge >= 0.3 is 10.8 Å². The van der Waals surface area contributed by atoms with Crippen LogP contribution in [0.4, 0.5) is 0 Å². The number of rotatable bonds is 7. The molecule has 0 spiro atoms. The number of aromatic hydroxyl groups is 1. The fourth-order valence-corrected chi connectivity index (χ4v) is 4.51. The molecule has 2 N–H and O–H groups in total. The second kappa shape index (κ2) is 10.4. The van der Waals surface area contributed by atoms with Crippen molar-refractivity contribution in [3.63, 3.8) is 0 Å². The predicted molar refractivity (Wildman–Crippen MR) is 135 cm³/mol. The van der Waals surface area contributed by atoms with E-state index in [-0.39, 0.29) is 16.7 Å². The first-order chi connectivity index (χ1) is 16.8. The van der Waals surface area contributed by atoms with Crippen molar-refractivity contribution in [3.8, 4) is 17.0 Å². The van der Waals surface area contributed by atoms with E-state index >= 15 is 0 Å². The number of carbonyl (C=O) groups is 2. The number of methoxy groups -OCH3 is 1. The molecule has 0 radical (unpaired) electrons. The third-order valence-corrected chi connectivity index (χ3v) is 6.47. The van der Waals surface area contributed by atoms with Crippen LogP contribution in [0.25, 0.3) is 11.1 Å². The summed E-state index contributed by atoms with van der Waals surface area (Å²) in [6.45, 7) is 0.426. The van der Waals surface area contributed by atoms with Gasteiger partial charge in [0.15, 0.2) is 0 Å².